The van der Waals surface area contributed by atoms with Crippen LogP contribution in [0.15, 0.2) is 91.7 Å². The van der Waals surface area contributed by atoms with Crippen molar-refractivity contribution < 1.29 is 55.2 Å². The van der Waals surface area contributed by atoms with Crippen molar-refractivity contribution in [3.63, 3.8) is 0 Å². The maximum absolute atomic E-state index is 13.7. The van der Waals surface area contributed by atoms with E-state index in [0.29, 0.717) is 23.3 Å². The fourth-order valence-electron chi connectivity index (χ4n) is 5.34. The molecule has 1 amide bonds. The minimum absolute atomic E-state index is 0.0311. The summed E-state index contributed by atoms with van der Waals surface area (Å²) in [6.45, 7) is 7.45. The topological polar surface area (TPSA) is 85.3 Å². The van der Waals surface area contributed by atoms with Crippen molar-refractivity contribution >= 4 is 11.9 Å². The first kappa shape index (κ1) is 39.1. The Balaban J connectivity index is 0.00000121. The maximum Gasteiger partial charge on any atom is 0.416 e. The molecule has 49 heavy (non-hydrogen) atoms. The van der Waals surface area contributed by atoms with E-state index in [2.05, 4.69) is 11.3 Å². The van der Waals surface area contributed by atoms with Gasteiger partial charge >= 0.3 is 18.4 Å². The Morgan fingerprint density at radius 3 is 1.96 bits per heavy atom. The number of ketones is 1. The van der Waals surface area contributed by atoms with Gasteiger partial charge in [0.2, 0.25) is 0 Å². The van der Waals surface area contributed by atoms with Gasteiger partial charge in [-0.15, -0.1) is 0 Å². The predicted octanol–water partition coefficient (Wildman–Crippen LogP) is 8.62. The molecule has 0 spiro atoms. The zero-order valence-corrected chi connectivity index (χ0v) is 27.3. The summed E-state index contributed by atoms with van der Waals surface area (Å²) in [7, 11) is 0. The molecule has 3 aromatic rings. The summed E-state index contributed by atoms with van der Waals surface area (Å²) in [5, 5.41) is 11.1. The van der Waals surface area contributed by atoms with Gasteiger partial charge in [0.05, 0.1) is 48.8 Å². The molecule has 0 aliphatic carbocycles. The second kappa shape index (κ2) is 16.4. The van der Waals surface area contributed by atoms with Gasteiger partial charge in [-0.05, 0) is 68.5 Å². The molecule has 0 bridgehead atoms. The number of piperidine rings is 1. The van der Waals surface area contributed by atoms with Crippen molar-refractivity contribution in [1.29, 1.82) is 0 Å². The monoisotopic (exact) mass is 695 g/mol. The van der Waals surface area contributed by atoms with Gasteiger partial charge in [0.25, 0.3) is 0 Å². The lowest BCUT2D eigenvalue weighted by Gasteiger charge is -2.51. The van der Waals surface area contributed by atoms with Crippen molar-refractivity contribution in [1.82, 2.24) is 4.90 Å². The number of benzene rings is 3. The van der Waals surface area contributed by atoms with Crippen LogP contribution in [0.3, 0.4) is 0 Å². The third kappa shape index (κ3) is 10.1. The third-order valence-electron chi connectivity index (χ3n) is 8.22. The molecule has 7 nitrogen and oxygen atoms in total. The quantitative estimate of drug-likeness (QED) is 0.169. The van der Waals surface area contributed by atoms with Crippen molar-refractivity contribution in [3.05, 3.63) is 120 Å². The molecule has 13 heteroatoms. The number of Topliss-reactive ketones (excluding diaryl/α,β-unsaturated/α-hetero) is 1. The van der Waals surface area contributed by atoms with Gasteiger partial charge in [-0.1, -0.05) is 67.2 Å². The Hall–Kier alpha value is -4.36. The molecule has 1 N–H and O–H groups in total. The second-order valence-corrected chi connectivity index (χ2v) is 11.5. The number of β-amino-alcohol motifs (C(OH)–C–C–N with tert-alkyl or cyclic N) is 1. The van der Waals surface area contributed by atoms with E-state index in [1.807, 2.05) is 6.92 Å². The van der Waals surface area contributed by atoms with E-state index in [4.69, 9.17) is 9.47 Å². The van der Waals surface area contributed by atoms with Gasteiger partial charge in [0.1, 0.15) is 12.2 Å². The lowest BCUT2D eigenvalue weighted by atomic mass is 9.75. The normalized spacial score (nSPS) is 20.0. The smallest absolute Gasteiger partial charge is 0.416 e. The number of aliphatic hydroxyl groups is 1. The largest absolute Gasteiger partial charge is 0.502 e. The number of carbonyl (C=O) groups is 2. The van der Waals surface area contributed by atoms with Gasteiger partial charge in [-0.2, -0.15) is 26.3 Å². The van der Waals surface area contributed by atoms with Crippen molar-refractivity contribution in [3.8, 4) is 0 Å². The van der Waals surface area contributed by atoms with Crippen molar-refractivity contribution in [2.45, 2.75) is 69.8 Å². The zero-order valence-electron chi connectivity index (χ0n) is 27.3. The molecule has 1 unspecified atom stereocenters. The summed E-state index contributed by atoms with van der Waals surface area (Å²) in [5.41, 5.74) is -5.48. The molecule has 3 atom stereocenters. The first-order chi connectivity index (χ1) is 23.0. The molecule has 1 heterocycles. The second-order valence-electron chi connectivity index (χ2n) is 11.5. The lowest BCUT2D eigenvalue weighted by molar-refractivity contribution is -0.152. The minimum atomic E-state index is -5.04. The summed E-state index contributed by atoms with van der Waals surface area (Å²) >= 11 is 0. The zero-order chi connectivity index (χ0) is 36.5. The Kier molecular flexibility index (Phi) is 13.0. The maximum atomic E-state index is 13.7. The standard InChI is InChI=1S/C32H31F6NO5.C4H8O/c1-21(24-15-26(31(33,34)35)17-27(16-24)32(36,37)38)44-20-29(25-11-7-4-8-12-25)13-14-30(42,22(2)40)19-39(29)28(41)43-18-23-9-5-3-6-10-23;1-3-5-4-2/h3-12,15-17,21,42H,13-14,18-20H2,1-2H3;3H,1,4H2,2H3/t21-,29-,30?;/m1./s1. The predicted molar refractivity (Wildman–Crippen MR) is 169 cm³/mol. The van der Waals surface area contributed by atoms with Gasteiger partial charge in [-0.3, -0.25) is 9.69 Å². The highest BCUT2D eigenvalue weighted by Gasteiger charge is 2.53. The number of nitrogens with zero attached hydrogens (tertiary/aromatic N) is 1. The number of carbonyl (C=O) groups excluding carboxylic acids is 2. The third-order valence-corrected chi connectivity index (χ3v) is 8.22. The molecule has 1 aliphatic heterocycles. The van der Waals surface area contributed by atoms with Crippen LogP contribution in [0.2, 0.25) is 0 Å². The molecular formula is C36H39F6NO6. The summed E-state index contributed by atoms with van der Waals surface area (Å²) in [6, 6.07) is 18.4. The fourth-order valence-corrected chi connectivity index (χ4v) is 5.34. The van der Waals surface area contributed by atoms with Crippen LogP contribution in [0.1, 0.15) is 67.5 Å². The molecule has 1 aliphatic rings. The minimum Gasteiger partial charge on any atom is -0.502 e. The summed E-state index contributed by atoms with van der Waals surface area (Å²) in [6.07, 6.45) is -11.0. The number of ether oxygens (including phenoxy) is 3. The van der Waals surface area contributed by atoms with Gasteiger partial charge in [-0.25, -0.2) is 4.79 Å². The molecule has 0 aromatic heterocycles. The first-order valence-electron chi connectivity index (χ1n) is 15.4. The molecule has 1 fully saturated rings. The van der Waals surface area contributed by atoms with Crippen LogP contribution in [-0.2, 0) is 43.5 Å². The van der Waals surface area contributed by atoms with E-state index in [0.717, 1.165) is 11.5 Å². The van der Waals surface area contributed by atoms with Crippen LogP contribution < -0.4 is 0 Å². The number of hydrogen-bond acceptors (Lipinski definition) is 6. The van der Waals surface area contributed by atoms with Crippen LogP contribution in [0.4, 0.5) is 31.1 Å². The molecule has 266 valence electrons. The Labute approximate surface area is 281 Å². The first-order valence-corrected chi connectivity index (χ1v) is 15.4. The van der Waals surface area contributed by atoms with E-state index >= 15 is 0 Å². The summed E-state index contributed by atoms with van der Waals surface area (Å²) in [5.74, 6) is -0.585. The number of likely N-dealkylation sites (tertiary alicyclic amines) is 1. The Morgan fingerprint density at radius 1 is 0.939 bits per heavy atom. The Bertz CT molecular complexity index is 1520. The average molecular weight is 696 g/mol. The average Bonchev–Trinajstić information content (AvgIpc) is 3.07. The highest BCUT2D eigenvalue weighted by atomic mass is 19.4. The van der Waals surface area contributed by atoms with Crippen LogP contribution in [-0.4, -0.2) is 47.2 Å². The van der Waals surface area contributed by atoms with Crippen LogP contribution in [0.25, 0.3) is 0 Å². The van der Waals surface area contributed by atoms with Gasteiger partial charge in [0, 0.05) is 0 Å². The molecule has 0 radical (unpaired) electrons. The number of halogens is 6. The molecule has 1 saturated heterocycles. The fraction of sp³-hybridized carbons (Fsp3) is 0.389. The van der Waals surface area contributed by atoms with E-state index in [-0.39, 0.29) is 31.1 Å². The number of amides is 1. The number of rotatable bonds is 10. The number of hydrogen-bond donors (Lipinski definition) is 1. The van der Waals surface area contributed by atoms with Crippen molar-refractivity contribution in [2.24, 2.45) is 0 Å². The van der Waals surface area contributed by atoms with Crippen LogP contribution >= 0.6 is 0 Å². The van der Waals surface area contributed by atoms with E-state index in [1.165, 1.54) is 20.1 Å². The molecule has 3 aromatic carbocycles. The van der Waals surface area contributed by atoms with Crippen LogP contribution in [0.5, 0.6) is 0 Å². The van der Waals surface area contributed by atoms with E-state index < -0.39 is 65.8 Å². The lowest BCUT2D eigenvalue weighted by Crippen LogP contribution is -2.64. The molecule has 0 saturated carbocycles. The highest BCUT2D eigenvalue weighted by Crippen LogP contribution is 2.44. The molecule has 4 rings (SSSR count). The highest BCUT2D eigenvalue weighted by molar-refractivity contribution is 5.86. The summed E-state index contributed by atoms with van der Waals surface area (Å²) in [4.78, 5) is 27.3. The SMILES string of the molecule is C=COCC.CC(=O)C1(O)CC[C@@](CO[C@H](C)c2cc(C(F)(F)F)cc(C(F)(F)F)c2)(c2ccccc2)N(C(=O)OCc2ccccc2)C1. The molecular weight excluding hydrogens is 656 g/mol. The van der Waals surface area contributed by atoms with Gasteiger partial charge < -0.3 is 19.3 Å². The summed E-state index contributed by atoms with van der Waals surface area (Å²) < 4.78 is 97.2. The van der Waals surface area contributed by atoms with Crippen LogP contribution in [0, 0.1) is 0 Å². The number of alkyl halides is 6. The van der Waals surface area contributed by atoms with Gasteiger partial charge in [0.15, 0.2) is 5.78 Å². The Morgan fingerprint density at radius 2 is 1.49 bits per heavy atom. The van der Waals surface area contributed by atoms with Crippen molar-refractivity contribution in [2.75, 3.05) is 19.8 Å². The van der Waals surface area contributed by atoms with E-state index in [9.17, 15) is 41.0 Å². The van der Waals surface area contributed by atoms with E-state index in [1.54, 1.807) is 60.7 Å².